The van der Waals surface area contributed by atoms with Gasteiger partial charge in [0.25, 0.3) is 0 Å². The van der Waals surface area contributed by atoms with Crippen LogP contribution in [0, 0.1) is 6.92 Å². The van der Waals surface area contributed by atoms with Crippen LogP contribution in [0.2, 0.25) is 0 Å². The van der Waals surface area contributed by atoms with Gasteiger partial charge in [0.2, 0.25) is 5.91 Å². The fourth-order valence-electron chi connectivity index (χ4n) is 3.37. The van der Waals surface area contributed by atoms with Crippen molar-refractivity contribution in [2.75, 3.05) is 64.9 Å². The van der Waals surface area contributed by atoms with Crippen LogP contribution in [0.5, 0.6) is 0 Å². The van der Waals surface area contributed by atoms with Crippen LogP contribution in [0.1, 0.15) is 30.3 Å². The van der Waals surface area contributed by atoms with Crippen LogP contribution < -0.4 is 4.90 Å². The number of carbonyl (C=O) groups is 1. The fraction of sp³-hybridized carbons (Fsp3) is 0.722. The lowest BCUT2D eigenvalue weighted by Gasteiger charge is -2.24. The smallest absolute Gasteiger partial charge is 0.224 e. The largest absolute Gasteiger partial charge is 0.381 e. The minimum atomic E-state index is 0.236. The van der Waals surface area contributed by atoms with E-state index in [1.165, 1.54) is 0 Å². The Labute approximate surface area is 150 Å². The molecule has 1 unspecified atom stereocenters. The van der Waals surface area contributed by atoms with Crippen LogP contribution in [0.15, 0.2) is 6.07 Å². The van der Waals surface area contributed by atoms with Gasteiger partial charge in [-0.05, 0) is 27.4 Å². The van der Waals surface area contributed by atoms with Crippen LogP contribution in [-0.2, 0) is 9.53 Å². The lowest BCUT2D eigenvalue weighted by molar-refractivity contribution is -0.130. The fourth-order valence-corrected chi connectivity index (χ4v) is 3.37. The maximum atomic E-state index is 12.4. The summed E-state index contributed by atoms with van der Waals surface area (Å²) in [4.78, 5) is 27.9. The predicted molar refractivity (Wildman–Crippen MR) is 96.9 cm³/mol. The monoisotopic (exact) mass is 347 g/mol. The zero-order chi connectivity index (χ0) is 17.8. The Morgan fingerprint density at radius 2 is 2.12 bits per heavy atom. The summed E-state index contributed by atoms with van der Waals surface area (Å²) in [5.41, 5.74) is 1.07. The Morgan fingerprint density at radius 1 is 1.28 bits per heavy atom. The Balaban J connectivity index is 1.70. The van der Waals surface area contributed by atoms with Crippen LogP contribution >= 0.6 is 0 Å². The highest BCUT2D eigenvalue weighted by atomic mass is 16.5. The first kappa shape index (κ1) is 18.1. The maximum Gasteiger partial charge on any atom is 0.224 e. The summed E-state index contributed by atoms with van der Waals surface area (Å²) in [7, 11) is 4.07. The summed E-state index contributed by atoms with van der Waals surface area (Å²) in [6.07, 6.45) is 1.56. The SMILES string of the molecule is Cc1nc(C2CCOC2)cc(N2CCC(=O)N(CCN(C)C)CC2)n1. The Kier molecular flexibility index (Phi) is 5.86. The average molecular weight is 347 g/mol. The summed E-state index contributed by atoms with van der Waals surface area (Å²) < 4.78 is 5.50. The molecule has 3 rings (SSSR count). The second-order valence-corrected chi connectivity index (χ2v) is 7.18. The second-order valence-electron chi connectivity index (χ2n) is 7.18. The molecule has 25 heavy (non-hydrogen) atoms. The first-order valence-electron chi connectivity index (χ1n) is 9.13. The molecule has 0 aromatic carbocycles. The van der Waals surface area contributed by atoms with E-state index in [2.05, 4.69) is 25.8 Å². The van der Waals surface area contributed by atoms with Crippen molar-refractivity contribution in [3.63, 3.8) is 0 Å². The second kappa shape index (κ2) is 8.10. The summed E-state index contributed by atoms with van der Waals surface area (Å²) in [6, 6.07) is 2.09. The molecule has 1 atom stereocenters. The third-order valence-corrected chi connectivity index (χ3v) is 4.92. The summed E-state index contributed by atoms with van der Waals surface area (Å²) in [6.45, 7) is 7.45. The molecule has 2 aliphatic rings. The van der Waals surface area contributed by atoms with E-state index in [1.54, 1.807) is 0 Å². The lowest BCUT2D eigenvalue weighted by Crippen LogP contribution is -2.38. The number of hydrogen-bond acceptors (Lipinski definition) is 6. The quantitative estimate of drug-likeness (QED) is 0.788. The molecule has 7 nitrogen and oxygen atoms in total. The van der Waals surface area contributed by atoms with Gasteiger partial charge in [-0.25, -0.2) is 9.97 Å². The summed E-state index contributed by atoms with van der Waals surface area (Å²) >= 11 is 0. The number of hydrogen-bond donors (Lipinski definition) is 0. The minimum Gasteiger partial charge on any atom is -0.381 e. The van der Waals surface area contributed by atoms with Gasteiger partial charge in [-0.1, -0.05) is 0 Å². The molecule has 2 aliphatic heterocycles. The van der Waals surface area contributed by atoms with E-state index in [0.29, 0.717) is 18.9 Å². The van der Waals surface area contributed by atoms with E-state index in [0.717, 1.165) is 63.1 Å². The molecule has 0 aliphatic carbocycles. The molecular formula is C18H29N5O2. The normalized spacial score (nSPS) is 21.9. The molecular weight excluding hydrogens is 318 g/mol. The molecule has 1 amide bonds. The average Bonchev–Trinajstić information content (AvgIpc) is 3.04. The molecule has 2 fully saturated rings. The van der Waals surface area contributed by atoms with Gasteiger partial charge in [-0.3, -0.25) is 4.79 Å². The van der Waals surface area contributed by atoms with Crippen LogP contribution in [0.4, 0.5) is 5.82 Å². The Morgan fingerprint density at radius 3 is 2.84 bits per heavy atom. The van der Waals surface area contributed by atoms with Gasteiger partial charge in [-0.15, -0.1) is 0 Å². The Hall–Kier alpha value is -1.73. The number of anilines is 1. The standard InChI is InChI=1S/C18H29N5O2/c1-14-19-16(15-5-11-25-13-15)12-17(20-14)22-6-4-18(24)23(10-9-22)8-7-21(2)3/h12,15H,4-11,13H2,1-3H3. The van der Waals surface area contributed by atoms with E-state index in [-0.39, 0.29) is 5.91 Å². The third-order valence-electron chi connectivity index (χ3n) is 4.92. The summed E-state index contributed by atoms with van der Waals surface area (Å²) in [5.74, 6) is 2.33. The molecule has 7 heteroatoms. The molecule has 0 spiro atoms. The lowest BCUT2D eigenvalue weighted by atomic mass is 10.0. The molecule has 2 saturated heterocycles. The van der Waals surface area contributed by atoms with E-state index < -0.39 is 0 Å². The highest BCUT2D eigenvalue weighted by Gasteiger charge is 2.24. The van der Waals surface area contributed by atoms with Crippen molar-refractivity contribution in [3.8, 4) is 0 Å². The van der Waals surface area contributed by atoms with Crippen LogP contribution in [-0.4, -0.2) is 85.7 Å². The molecule has 138 valence electrons. The summed E-state index contributed by atoms with van der Waals surface area (Å²) in [5, 5.41) is 0. The highest BCUT2D eigenvalue weighted by molar-refractivity contribution is 5.77. The van der Waals surface area contributed by atoms with Crippen LogP contribution in [0.3, 0.4) is 0 Å². The van der Waals surface area contributed by atoms with Gasteiger partial charge in [0.1, 0.15) is 11.6 Å². The highest BCUT2D eigenvalue weighted by Crippen LogP contribution is 2.26. The van der Waals surface area contributed by atoms with Crippen molar-refractivity contribution in [1.29, 1.82) is 0 Å². The van der Waals surface area contributed by atoms with Gasteiger partial charge < -0.3 is 19.4 Å². The molecule has 0 radical (unpaired) electrons. The predicted octanol–water partition coefficient (Wildman–Crippen LogP) is 0.889. The number of amides is 1. The van der Waals surface area contributed by atoms with Crippen molar-refractivity contribution in [3.05, 3.63) is 17.6 Å². The minimum absolute atomic E-state index is 0.236. The van der Waals surface area contributed by atoms with Crippen molar-refractivity contribution in [1.82, 2.24) is 19.8 Å². The Bertz CT molecular complexity index is 601. The van der Waals surface area contributed by atoms with Gasteiger partial charge in [0.05, 0.1) is 12.3 Å². The number of carbonyl (C=O) groups excluding carboxylic acids is 1. The van der Waals surface area contributed by atoms with Crippen molar-refractivity contribution < 1.29 is 9.53 Å². The van der Waals surface area contributed by atoms with E-state index in [1.807, 2.05) is 25.9 Å². The van der Waals surface area contributed by atoms with Gasteiger partial charge in [0, 0.05) is 57.7 Å². The van der Waals surface area contributed by atoms with E-state index in [4.69, 9.17) is 4.74 Å². The van der Waals surface area contributed by atoms with Gasteiger partial charge in [0.15, 0.2) is 0 Å². The molecule has 1 aromatic heterocycles. The number of ether oxygens (including phenoxy) is 1. The molecule has 1 aromatic rings. The van der Waals surface area contributed by atoms with E-state index in [9.17, 15) is 4.79 Å². The number of likely N-dealkylation sites (N-methyl/N-ethyl adjacent to an activating group) is 1. The van der Waals surface area contributed by atoms with Gasteiger partial charge >= 0.3 is 0 Å². The molecule has 0 bridgehead atoms. The molecule has 3 heterocycles. The van der Waals surface area contributed by atoms with E-state index >= 15 is 0 Å². The molecule has 0 saturated carbocycles. The van der Waals surface area contributed by atoms with Crippen LogP contribution in [0.25, 0.3) is 0 Å². The zero-order valence-electron chi connectivity index (χ0n) is 15.6. The topological polar surface area (TPSA) is 61.8 Å². The number of aromatic nitrogens is 2. The number of rotatable bonds is 5. The number of nitrogens with zero attached hydrogens (tertiary/aromatic N) is 5. The van der Waals surface area contributed by atoms with Crippen molar-refractivity contribution in [2.24, 2.45) is 0 Å². The first-order chi connectivity index (χ1) is 12.0. The third kappa shape index (κ3) is 4.67. The first-order valence-corrected chi connectivity index (χ1v) is 9.13. The van der Waals surface area contributed by atoms with Gasteiger partial charge in [-0.2, -0.15) is 0 Å². The van der Waals surface area contributed by atoms with Crippen molar-refractivity contribution in [2.45, 2.75) is 25.7 Å². The van der Waals surface area contributed by atoms with Crippen molar-refractivity contribution >= 4 is 11.7 Å². The number of aryl methyl sites for hydroxylation is 1. The molecule has 0 N–H and O–H groups in total. The zero-order valence-corrected chi connectivity index (χ0v) is 15.6. The maximum absolute atomic E-state index is 12.4.